The van der Waals surface area contributed by atoms with Crippen LogP contribution in [-0.2, 0) is 11.2 Å². The van der Waals surface area contributed by atoms with Crippen molar-refractivity contribution in [2.24, 2.45) is 0 Å². The van der Waals surface area contributed by atoms with E-state index in [2.05, 4.69) is 0 Å². The van der Waals surface area contributed by atoms with Gasteiger partial charge in [0.05, 0.1) is 6.61 Å². The van der Waals surface area contributed by atoms with Gasteiger partial charge in [-0.05, 0) is 31.0 Å². The first-order valence-corrected chi connectivity index (χ1v) is 7.00. The van der Waals surface area contributed by atoms with Gasteiger partial charge in [-0.3, -0.25) is 4.79 Å². The number of hydrogen-bond donors (Lipinski definition) is 0. The highest BCUT2D eigenvalue weighted by Gasteiger charge is 2.15. The summed E-state index contributed by atoms with van der Waals surface area (Å²) in [6, 6.07) is 17.0. The van der Waals surface area contributed by atoms with E-state index in [-0.39, 0.29) is 5.78 Å². The zero-order valence-electron chi connectivity index (χ0n) is 11.4. The zero-order valence-corrected chi connectivity index (χ0v) is 12.1. The summed E-state index contributed by atoms with van der Waals surface area (Å²) < 4.78 is 5.61. The van der Waals surface area contributed by atoms with Crippen molar-refractivity contribution in [1.82, 2.24) is 0 Å². The lowest BCUT2D eigenvalue weighted by atomic mass is 10.1. The summed E-state index contributed by atoms with van der Waals surface area (Å²) in [5, 5.41) is 0.562. The second-order valence-electron chi connectivity index (χ2n) is 4.62. The summed E-state index contributed by atoms with van der Waals surface area (Å²) in [7, 11) is 0. The standard InChI is InChI=1S/C17H17ClO2/c1-13(17(19)15-8-5-9-16(18)12-15)20-11-10-14-6-3-2-4-7-14/h2-9,12-13H,10-11H2,1H3. The Labute approximate surface area is 124 Å². The van der Waals surface area contributed by atoms with Gasteiger partial charge in [0.25, 0.3) is 0 Å². The number of halogens is 1. The maximum absolute atomic E-state index is 12.2. The molecule has 1 atom stereocenters. The van der Waals surface area contributed by atoms with Crippen molar-refractivity contribution in [3.63, 3.8) is 0 Å². The third-order valence-electron chi connectivity index (χ3n) is 3.08. The van der Waals surface area contributed by atoms with E-state index in [9.17, 15) is 4.79 Å². The van der Waals surface area contributed by atoms with Gasteiger partial charge in [-0.1, -0.05) is 54.1 Å². The number of ether oxygens (including phenoxy) is 1. The average molecular weight is 289 g/mol. The van der Waals surface area contributed by atoms with Crippen LogP contribution in [0.25, 0.3) is 0 Å². The average Bonchev–Trinajstić information content (AvgIpc) is 2.47. The van der Waals surface area contributed by atoms with Gasteiger partial charge < -0.3 is 4.74 Å². The molecule has 0 radical (unpaired) electrons. The summed E-state index contributed by atoms with van der Waals surface area (Å²) >= 11 is 5.88. The molecule has 104 valence electrons. The summed E-state index contributed by atoms with van der Waals surface area (Å²) in [6.45, 7) is 2.30. The molecule has 0 saturated heterocycles. The van der Waals surface area contributed by atoms with E-state index >= 15 is 0 Å². The first kappa shape index (κ1) is 14.8. The summed E-state index contributed by atoms with van der Waals surface area (Å²) in [5.74, 6) is -0.0411. The molecule has 1 unspecified atom stereocenters. The SMILES string of the molecule is CC(OCCc1ccccc1)C(=O)c1cccc(Cl)c1. The summed E-state index contributed by atoms with van der Waals surface area (Å²) in [6.07, 6.45) is 0.339. The number of Topliss-reactive ketones (excluding diaryl/α,β-unsaturated/α-hetero) is 1. The number of carbonyl (C=O) groups is 1. The highest BCUT2D eigenvalue weighted by atomic mass is 35.5. The number of carbonyl (C=O) groups excluding carboxylic acids is 1. The van der Waals surface area contributed by atoms with Crippen molar-refractivity contribution in [2.75, 3.05) is 6.61 Å². The number of rotatable bonds is 6. The molecule has 20 heavy (non-hydrogen) atoms. The molecule has 0 aliphatic carbocycles. The maximum atomic E-state index is 12.2. The zero-order chi connectivity index (χ0) is 14.4. The molecule has 0 heterocycles. The molecule has 3 heteroatoms. The molecule has 0 N–H and O–H groups in total. The Bertz CT molecular complexity index is 566. The van der Waals surface area contributed by atoms with Crippen LogP contribution in [0.5, 0.6) is 0 Å². The molecule has 0 amide bonds. The van der Waals surface area contributed by atoms with Crippen molar-refractivity contribution in [3.05, 3.63) is 70.7 Å². The van der Waals surface area contributed by atoms with Crippen molar-refractivity contribution in [2.45, 2.75) is 19.4 Å². The number of hydrogen-bond acceptors (Lipinski definition) is 2. The highest BCUT2D eigenvalue weighted by molar-refractivity contribution is 6.31. The van der Waals surface area contributed by atoms with Crippen LogP contribution < -0.4 is 0 Å². The predicted octanol–water partition coefficient (Wildman–Crippen LogP) is 4.17. The molecular formula is C17H17ClO2. The molecule has 0 aliphatic heterocycles. The second-order valence-corrected chi connectivity index (χ2v) is 5.06. The van der Waals surface area contributed by atoms with E-state index in [1.54, 1.807) is 31.2 Å². The van der Waals surface area contributed by atoms with Gasteiger partial charge in [0.2, 0.25) is 0 Å². The van der Waals surface area contributed by atoms with Crippen molar-refractivity contribution in [1.29, 1.82) is 0 Å². The van der Waals surface area contributed by atoms with Crippen LogP contribution in [0, 0.1) is 0 Å². The van der Waals surface area contributed by atoms with E-state index in [0.29, 0.717) is 17.2 Å². The lowest BCUT2D eigenvalue weighted by Gasteiger charge is -2.12. The van der Waals surface area contributed by atoms with E-state index in [1.165, 1.54) is 5.56 Å². The van der Waals surface area contributed by atoms with Crippen LogP contribution in [0.2, 0.25) is 5.02 Å². The van der Waals surface area contributed by atoms with Gasteiger partial charge in [0, 0.05) is 10.6 Å². The Balaban J connectivity index is 1.85. The normalized spacial score (nSPS) is 12.1. The molecule has 0 fully saturated rings. The first-order valence-electron chi connectivity index (χ1n) is 6.62. The van der Waals surface area contributed by atoms with E-state index in [0.717, 1.165) is 6.42 Å². The van der Waals surface area contributed by atoms with E-state index < -0.39 is 6.10 Å². The van der Waals surface area contributed by atoms with Crippen LogP contribution >= 0.6 is 11.6 Å². The third kappa shape index (κ3) is 4.19. The minimum absolute atomic E-state index is 0.0411. The molecule has 0 aromatic heterocycles. The highest BCUT2D eigenvalue weighted by Crippen LogP contribution is 2.13. The quantitative estimate of drug-likeness (QED) is 0.746. The molecule has 2 aromatic carbocycles. The second kappa shape index (κ2) is 7.22. The van der Waals surface area contributed by atoms with Gasteiger partial charge >= 0.3 is 0 Å². The molecule has 0 aliphatic rings. The van der Waals surface area contributed by atoms with Gasteiger partial charge in [0.1, 0.15) is 6.10 Å². The molecular weight excluding hydrogens is 272 g/mol. The van der Waals surface area contributed by atoms with Crippen LogP contribution in [-0.4, -0.2) is 18.5 Å². The Morgan fingerprint density at radius 1 is 1.15 bits per heavy atom. The van der Waals surface area contributed by atoms with Gasteiger partial charge in [-0.2, -0.15) is 0 Å². The molecule has 0 bridgehead atoms. The molecule has 0 saturated carbocycles. The van der Waals surface area contributed by atoms with E-state index in [4.69, 9.17) is 16.3 Å². The van der Waals surface area contributed by atoms with Gasteiger partial charge in [-0.25, -0.2) is 0 Å². The van der Waals surface area contributed by atoms with Crippen LogP contribution in [0.1, 0.15) is 22.8 Å². The van der Waals surface area contributed by atoms with E-state index in [1.807, 2.05) is 30.3 Å². The van der Waals surface area contributed by atoms with Crippen molar-refractivity contribution in [3.8, 4) is 0 Å². The van der Waals surface area contributed by atoms with Crippen LogP contribution in [0.4, 0.5) is 0 Å². The monoisotopic (exact) mass is 288 g/mol. The maximum Gasteiger partial charge on any atom is 0.191 e. The molecule has 0 spiro atoms. The Kier molecular flexibility index (Phi) is 5.33. The fraction of sp³-hybridized carbons (Fsp3) is 0.235. The first-order chi connectivity index (χ1) is 9.66. The topological polar surface area (TPSA) is 26.3 Å². The van der Waals surface area contributed by atoms with Crippen molar-refractivity contribution < 1.29 is 9.53 Å². The molecule has 2 nitrogen and oxygen atoms in total. The van der Waals surface area contributed by atoms with Crippen LogP contribution in [0.3, 0.4) is 0 Å². The molecule has 2 rings (SSSR count). The van der Waals surface area contributed by atoms with Crippen LogP contribution in [0.15, 0.2) is 54.6 Å². The van der Waals surface area contributed by atoms with Gasteiger partial charge in [-0.15, -0.1) is 0 Å². The lowest BCUT2D eigenvalue weighted by molar-refractivity contribution is 0.0487. The summed E-state index contributed by atoms with van der Waals surface area (Å²) in [4.78, 5) is 12.2. The summed E-state index contributed by atoms with van der Waals surface area (Å²) in [5.41, 5.74) is 1.79. The Hall–Kier alpha value is -1.64. The minimum Gasteiger partial charge on any atom is -0.370 e. The number of ketones is 1. The molecule has 2 aromatic rings. The Morgan fingerprint density at radius 2 is 1.90 bits per heavy atom. The predicted molar refractivity (Wildman–Crippen MR) is 81.3 cm³/mol. The third-order valence-corrected chi connectivity index (χ3v) is 3.31. The Morgan fingerprint density at radius 3 is 2.60 bits per heavy atom. The fourth-order valence-electron chi connectivity index (χ4n) is 1.95. The van der Waals surface area contributed by atoms with Gasteiger partial charge in [0.15, 0.2) is 5.78 Å². The fourth-order valence-corrected chi connectivity index (χ4v) is 2.14. The smallest absolute Gasteiger partial charge is 0.191 e. The van der Waals surface area contributed by atoms with Crippen molar-refractivity contribution >= 4 is 17.4 Å². The largest absolute Gasteiger partial charge is 0.370 e. The lowest BCUT2D eigenvalue weighted by Crippen LogP contribution is -2.22. The minimum atomic E-state index is -0.461. The number of benzene rings is 2.